The van der Waals surface area contributed by atoms with E-state index < -0.39 is 155 Å². The Bertz CT molecular complexity index is 2620. The number of para-hydroxylation sites is 4. The van der Waals surface area contributed by atoms with Crippen LogP contribution in [0.1, 0.15) is 27.4 Å². The van der Waals surface area contributed by atoms with Gasteiger partial charge in [-0.05, 0) is 48.3 Å². The van der Waals surface area contributed by atoms with E-state index in [1.54, 1.807) is 60.7 Å². The van der Waals surface area contributed by atoms with E-state index in [-0.39, 0.29) is 11.4 Å². The van der Waals surface area contributed by atoms with Gasteiger partial charge >= 0.3 is 0 Å². The van der Waals surface area contributed by atoms with Gasteiger partial charge in [0.1, 0.15) is 0 Å². The largest absolute Gasteiger partial charge is 0.292 e. The number of anilines is 6. The molecule has 0 bridgehead atoms. The maximum absolute atomic E-state index is 9.16. The van der Waals surface area contributed by atoms with Crippen molar-refractivity contribution in [2.45, 2.75) is 0 Å². The van der Waals surface area contributed by atoms with Crippen LogP contribution in [-0.4, -0.2) is 9.97 Å². The van der Waals surface area contributed by atoms with Gasteiger partial charge in [0.15, 0.2) is 11.6 Å². The predicted molar refractivity (Wildman–Crippen MR) is 182 cm³/mol. The van der Waals surface area contributed by atoms with E-state index in [1.807, 2.05) is 0 Å². The number of hydrogen-bond acceptors (Lipinski definition) is 4. The number of benzene rings is 6. The first-order valence-corrected chi connectivity index (χ1v) is 13.1. The average molecular weight is 587 g/mol. The lowest BCUT2D eigenvalue weighted by Gasteiger charge is -2.32. The first kappa shape index (κ1) is 12.7. The van der Waals surface area contributed by atoms with Crippen LogP contribution in [0.5, 0.6) is 0 Å². The first-order valence-electron chi connectivity index (χ1n) is 23.1. The van der Waals surface area contributed by atoms with Crippen LogP contribution in [0.2, 0.25) is 0 Å². The highest BCUT2D eigenvalue weighted by Crippen LogP contribution is 2.46. The van der Waals surface area contributed by atoms with Gasteiger partial charge in [-0.15, -0.1) is 0 Å². The minimum Gasteiger partial charge on any atom is -0.292 e. The summed E-state index contributed by atoms with van der Waals surface area (Å²) in [4.78, 5) is 11.2. The Balaban J connectivity index is 1.86. The van der Waals surface area contributed by atoms with Crippen molar-refractivity contribution in [1.29, 1.82) is 0 Å². The summed E-state index contributed by atoms with van der Waals surface area (Å²) in [5.74, 6) is -1.62. The van der Waals surface area contributed by atoms with Crippen LogP contribution in [0, 0.1) is 0 Å². The molecule has 7 aromatic rings. The van der Waals surface area contributed by atoms with Crippen molar-refractivity contribution in [2.75, 3.05) is 9.80 Å². The Morgan fingerprint density at radius 3 is 0.909 bits per heavy atom. The molecule has 6 aromatic carbocycles. The van der Waals surface area contributed by atoms with Gasteiger partial charge in [-0.25, -0.2) is 9.97 Å². The molecule has 44 heavy (non-hydrogen) atoms. The van der Waals surface area contributed by atoms with Crippen molar-refractivity contribution < 1.29 is 27.4 Å². The highest BCUT2D eigenvalue weighted by molar-refractivity contribution is 5.91. The lowest BCUT2D eigenvalue weighted by atomic mass is 10.0. The minimum atomic E-state index is -0.990. The van der Waals surface area contributed by atoms with E-state index in [9.17, 15) is 0 Å². The van der Waals surface area contributed by atoms with E-state index in [4.69, 9.17) is 37.4 Å². The van der Waals surface area contributed by atoms with E-state index in [2.05, 4.69) is 0 Å². The first-order chi connectivity index (χ1) is 30.1. The zero-order chi connectivity index (χ0) is 47.0. The fourth-order valence-corrected chi connectivity index (χ4v) is 4.38. The van der Waals surface area contributed by atoms with E-state index >= 15 is 0 Å². The van der Waals surface area contributed by atoms with E-state index in [1.165, 1.54) is 0 Å². The number of rotatable bonds is 8. The molecule has 0 unspecified atom stereocenters. The van der Waals surface area contributed by atoms with Gasteiger partial charge in [0.2, 0.25) is 0 Å². The molecule has 0 saturated heterocycles. The highest BCUT2D eigenvalue weighted by atomic mass is 15.3. The monoisotopic (exact) mass is 586 g/mol. The van der Waals surface area contributed by atoms with Crippen molar-refractivity contribution in [3.63, 3.8) is 0 Å². The highest BCUT2D eigenvalue weighted by Gasteiger charge is 2.28. The third kappa shape index (κ3) is 5.44. The predicted octanol–water partition coefficient (Wildman–Crippen LogP) is 10.8. The smallest absolute Gasteiger partial charge is 0.182 e. The van der Waals surface area contributed by atoms with Gasteiger partial charge < -0.3 is 0 Å². The number of aromatic nitrogens is 2. The SMILES string of the molecule is [2H]c1c([2H])c([2H])c(N(c2nc(-c3ccccc3)c(-c3ccccc3)nc2N(c2c([2H])c([2H])c([2H])c([2H])c2[2H])c2c([2H])c([2H])c([2H])c([2H])c2[2H])c2c([2H])c([2H])c([2H])c([2H])c2[2H])c([2H])c1[2H]. The molecular weight excluding hydrogens is 536 g/mol. The van der Waals surface area contributed by atoms with Gasteiger partial charge in [0, 0.05) is 33.9 Å². The molecule has 1 heterocycles. The summed E-state index contributed by atoms with van der Waals surface area (Å²) in [5, 5.41) is 0. The second kappa shape index (κ2) is 12.5. The third-order valence-corrected chi connectivity index (χ3v) is 6.22. The summed E-state index contributed by atoms with van der Waals surface area (Å²) in [7, 11) is 0. The molecule has 0 spiro atoms. The maximum Gasteiger partial charge on any atom is 0.182 e. The quantitative estimate of drug-likeness (QED) is 0.177. The molecular formula is C40H30N4. The van der Waals surface area contributed by atoms with Crippen LogP contribution in [-0.2, 0) is 0 Å². The third-order valence-electron chi connectivity index (χ3n) is 6.22. The topological polar surface area (TPSA) is 32.3 Å². The lowest BCUT2D eigenvalue weighted by Crippen LogP contribution is -2.20. The molecule has 0 aliphatic heterocycles. The molecule has 210 valence electrons. The zero-order valence-electron chi connectivity index (χ0n) is 42.6. The Hall–Kier alpha value is -6.00. The minimum absolute atomic E-state index is 0.0580. The van der Waals surface area contributed by atoms with Gasteiger partial charge in [-0.1, -0.05) is 133 Å². The average Bonchev–Trinajstić information content (AvgIpc) is 3.30. The van der Waals surface area contributed by atoms with Crippen LogP contribution < -0.4 is 9.80 Å². The van der Waals surface area contributed by atoms with E-state index in [0.29, 0.717) is 20.9 Å². The fourth-order valence-electron chi connectivity index (χ4n) is 4.38. The summed E-state index contributed by atoms with van der Waals surface area (Å²) in [6, 6.07) is -2.70. The Labute approximate surface area is 286 Å². The summed E-state index contributed by atoms with van der Waals surface area (Å²) >= 11 is 0. The zero-order valence-corrected chi connectivity index (χ0v) is 22.6. The molecule has 0 amide bonds. The van der Waals surface area contributed by atoms with Crippen molar-refractivity contribution in [2.24, 2.45) is 0 Å². The van der Waals surface area contributed by atoms with E-state index in [0.717, 1.165) is 0 Å². The van der Waals surface area contributed by atoms with Crippen LogP contribution >= 0.6 is 0 Å². The number of hydrogen-bond donors (Lipinski definition) is 0. The van der Waals surface area contributed by atoms with Gasteiger partial charge in [-0.3, -0.25) is 9.80 Å². The van der Waals surface area contributed by atoms with Crippen LogP contribution in [0.25, 0.3) is 22.5 Å². The Morgan fingerprint density at radius 2 is 0.636 bits per heavy atom. The van der Waals surface area contributed by atoms with Crippen molar-refractivity contribution in [3.8, 4) is 22.5 Å². The summed E-state index contributed by atoms with van der Waals surface area (Å²) in [6.45, 7) is 0. The second-order valence-corrected chi connectivity index (χ2v) is 8.87. The molecule has 0 aliphatic carbocycles. The molecule has 7 rings (SSSR count). The maximum atomic E-state index is 9.16. The summed E-state index contributed by atoms with van der Waals surface area (Å²) < 4.78 is 176. The Kier molecular flexibility index (Phi) is 3.60. The van der Waals surface area contributed by atoms with Crippen molar-refractivity contribution in [1.82, 2.24) is 9.97 Å². The lowest BCUT2D eigenvalue weighted by molar-refractivity contribution is 1.09. The van der Waals surface area contributed by atoms with Crippen LogP contribution in [0.4, 0.5) is 34.4 Å². The molecule has 4 heteroatoms. The van der Waals surface area contributed by atoms with Gasteiger partial charge in [0.25, 0.3) is 0 Å². The molecule has 0 saturated carbocycles. The fraction of sp³-hybridized carbons (Fsp3) is 0. The number of nitrogens with zero attached hydrogens (tertiary/aromatic N) is 4. The van der Waals surface area contributed by atoms with Crippen LogP contribution in [0.3, 0.4) is 0 Å². The summed E-state index contributed by atoms with van der Waals surface area (Å²) in [6.07, 6.45) is 0. The second-order valence-electron chi connectivity index (χ2n) is 8.87. The van der Waals surface area contributed by atoms with Gasteiger partial charge in [0.05, 0.1) is 38.8 Å². The molecule has 4 nitrogen and oxygen atoms in total. The van der Waals surface area contributed by atoms with Gasteiger partial charge in [-0.2, -0.15) is 0 Å². The molecule has 0 N–H and O–H groups in total. The standard InChI is InChI=1S/C40H30N4/c1-7-19-31(20-8-1)37-38(32-21-9-2-10-22-32)42-40(44(35-27-15-5-16-28-35)36-29-17-6-18-30-36)39(41-37)43(33-23-11-3-12-24-33)34-25-13-4-14-26-34/h1-30H/i3D,4D,5D,6D,11D,12D,13D,14D,15D,16D,17D,18D,23D,24D,25D,26D,27D,28D,29D,30D. The van der Waals surface area contributed by atoms with Crippen molar-refractivity contribution >= 4 is 34.4 Å². The molecule has 0 atom stereocenters. The molecule has 0 fully saturated rings. The molecule has 0 aliphatic rings. The van der Waals surface area contributed by atoms with Crippen LogP contribution in [0.15, 0.2) is 182 Å². The van der Waals surface area contributed by atoms with Crippen molar-refractivity contribution in [3.05, 3.63) is 182 Å². The normalized spacial score (nSPS) is 17.1. The molecule has 0 radical (unpaired) electrons. The molecule has 1 aromatic heterocycles. The summed E-state index contributed by atoms with van der Waals surface area (Å²) in [5.41, 5.74) is -2.97. The Morgan fingerprint density at radius 1 is 0.364 bits per heavy atom.